The quantitative estimate of drug-likeness (QED) is 0.793. The topological polar surface area (TPSA) is 40.5 Å². The van der Waals surface area contributed by atoms with Crippen LogP contribution in [0.2, 0.25) is 0 Å². The summed E-state index contributed by atoms with van der Waals surface area (Å²) in [6, 6.07) is 0.358. The Balaban J connectivity index is 1.96. The van der Waals surface area contributed by atoms with Gasteiger partial charge in [0.05, 0.1) is 0 Å². The summed E-state index contributed by atoms with van der Waals surface area (Å²) >= 11 is 0. The van der Waals surface area contributed by atoms with Gasteiger partial charge in [-0.05, 0) is 44.4 Å². The van der Waals surface area contributed by atoms with Crippen LogP contribution in [0.15, 0.2) is 0 Å². The molecule has 1 saturated heterocycles. The molecular weight excluding hydrogens is 202 g/mol. The second-order valence-electron chi connectivity index (χ2n) is 5.59. The molecule has 2 fully saturated rings. The lowest BCUT2D eigenvalue weighted by Crippen LogP contribution is -2.48. The van der Waals surface area contributed by atoms with E-state index in [4.69, 9.17) is 0 Å². The van der Waals surface area contributed by atoms with E-state index in [1.165, 1.54) is 12.8 Å². The standard InChI is InChI=1S/C13H23NO2/c1-9-3-4-11(8-15)7-14(9)13(16)10(2)12-5-6-12/h9-12,15H,3-8H2,1-2H3. The molecule has 1 saturated carbocycles. The maximum atomic E-state index is 12.3. The first-order chi connectivity index (χ1) is 7.63. The van der Waals surface area contributed by atoms with Gasteiger partial charge < -0.3 is 10.0 Å². The Kier molecular flexibility index (Phi) is 3.53. The number of hydrogen-bond acceptors (Lipinski definition) is 2. The lowest BCUT2D eigenvalue weighted by molar-refractivity contribution is -0.140. The van der Waals surface area contributed by atoms with Gasteiger partial charge in [0.2, 0.25) is 5.91 Å². The van der Waals surface area contributed by atoms with Crippen molar-refractivity contribution in [3.8, 4) is 0 Å². The molecule has 0 spiro atoms. The number of piperidine rings is 1. The third-order valence-electron chi connectivity index (χ3n) is 4.24. The SMILES string of the molecule is CC(C(=O)N1CC(CO)CCC1C)C1CC1. The minimum atomic E-state index is 0.194. The number of aliphatic hydroxyl groups is 1. The Bertz CT molecular complexity index is 263. The minimum absolute atomic E-state index is 0.194. The molecule has 3 atom stereocenters. The van der Waals surface area contributed by atoms with Crippen LogP contribution in [0.25, 0.3) is 0 Å². The number of carbonyl (C=O) groups is 1. The normalized spacial score (nSPS) is 32.6. The van der Waals surface area contributed by atoms with Crippen molar-refractivity contribution in [1.82, 2.24) is 4.90 Å². The van der Waals surface area contributed by atoms with Crippen LogP contribution in [-0.4, -0.2) is 35.1 Å². The Morgan fingerprint density at radius 2 is 2.06 bits per heavy atom. The summed E-state index contributed by atoms with van der Waals surface area (Å²) in [5, 5.41) is 9.20. The van der Waals surface area contributed by atoms with Crippen LogP contribution in [0.1, 0.15) is 39.5 Å². The monoisotopic (exact) mass is 225 g/mol. The molecule has 0 aromatic carbocycles. The molecule has 2 rings (SSSR count). The minimum Gasteiger partial charge on any atom is -0.396 e. The van der Waals surface area contributed by atoms with E-state index in [1.807, 2.05) is 4.90 Å². The Hall–Kier alpha value is -0.570. The number of hydrogen-bond donors (Lipinski definition) is 1. The van der Waals surface area contributed by atoms with Crippen LogP contribution < -0.4 is 0 Å². The zero-order valence-electron chi connectivity index (χ0n) is 10.4. The second-order valence-corrected chi connectivity index (χ2v) is 5.59. The first kappa shape index (κ1) is 11.9. The second kappa shape index (κ2) is 4.74. The van der Waals surface area contributed by atoms with Crippen LogP contribution in [0, 0.1) is 17.8 Å². The molecule has 1 amide bonds. The van der Waals surface area contributed by atoms with Gasteiger partial charge in [0.15, 0.2) is 0 Å². The molecule has 1 aliphatic carbocycles. The van der Waals surface area contributed by atoms with Gasteiger partial charge in [-0.25, -0.2) is 0 Å². The van der Waals surface area contributed by atoms with Crippen LogP contribution in [0.4, 0.5) is 0 Å². The van der Waals surface area contributed by atoms with Crippen molar-refractivity contribution >= 4 is 5.91 Å². The van der Waals surface area contributed by atoms with E-state index in [0.29, 0.717) is 23.8 Å². The van der Waals surface area contributed by atoms with Crippen molar-refractivity contribution in [1.29, 1.82) is 0 Å². The fourth-order valence-electron chi connectivity index (χ4n) is 2.70. The van der Waals surface area contributed by atoms with E-state index in [1.54, 1.807) is 0 Å². The molecule has 3 nitrogen and oxygen atoms in total. The van der Waals surface area contributed by atoms with Gasteiger partial charge in [-0.3, -0.25) is 4.79 Å². The molecule has 92 valence electrons. The molecule has 0 aromatic heterocycles. The van der Waals surface area contributed by atoms with Gasteiger partial charge in [-0.2, -0.15) is 0 Å². The highest BCUT2D eigenvalue weighted by Crippen LogP contribution is 2.38. The molecular formula is C13H23NO2. The summed E-state index contributed by atoms with van der Waals surface area (Å²) in [6.45, 7) is 5.17. The largest absolute Gasteiger partial charge is 0.396 e. The Labute approximate surface area is 97.8 Å². The number of likely N-dealkylation sites (tertiary alicyclic amines) is 1. The third-order valence-corrected chi connectivity index (χ3v) is 4.24. The number of rotatable bonds is 3. The van der Waals surface area contributed by atoms with E-state index < -0.39 is 0 Å². The van der Waals surface area contributed by atoms with Crippen molar-refractivity contribution in [3.63, 3.8) is 0 Å². The highest BCUT2D eigenvalue weighted by atomic mass is 16.3. The van der Waals surface area contributed by atoms with Crippen LogP contribution >= 0.6 is 0 Å². The smallest absolute Gasteiger partial charge is 0.225 e. The number of aliphatic hydroxyl groups excluding tert-OH is 1. The average Bonchev–Trinajstić information content (AvgIpc) is 3.12. The molecule has 1 N–H and O–H groups in total. The summed E-state index contributed by atoms with van der Waals surface area (Å²) in [7, 11) is 0. The van der Waals surface area contributed by atoms with Crippen LogP contribution in [0.5, 0.6) is 0 Å². The van der Waals surface area contributed by atoms with E-state index >= 15 is 0 Å². The highest BCUT2D eigenvalue weighted by Gasteiger charge is 2.37. The first-order valence-electron chi connectivity index (χ1n) is 6.54. The Morgan fingerprint density at radius 3 is 2.62 bits per heavy atom. The van der Waals surface area contributed by atoms with Crippen molar-refractivity contribution in [3.05, 3.63) is 0 Å². The number of nitrogens with zero attached hydrogens (tertiary/aromatic N) is 1. The van der Waals surface area contributed by atoms with Gasteiger partial charge in [0.25, 0.3) is 0 Å². The summed E-state index contributed by atoms with van der Waals surface area (Å²) < 4.78 is 0. The van der Waals surface area contributed by atoms with E-state index in [2.05, 4.69) is 13.8 Å². The summed E-state index contributed by atoms with van der Waals surface area (Å²) in [4.78, 5) is 14.3. The van der Waals surface area contributed by atoms with Gasteiger partial charge >= 0.3 is 0 Å². The lowest BCUT2D eigenvalue weighted by atomic mass is 9.92. The molecule has 1 heterocycles. The molecule has 16 heavy (non-hydrogen) atoms. The van der Waals surface area contributed by atoms with E-state index in [0.717, 1.165) is 19.4 Å². The summed E-state index contributed by atoms with van der Waals surface area (Å²) in [6.07, 6.45) is 4.53. The fraction of sp³-hybridized carbons (Fsp3) is 0.923. The molecule has 0 bridgehead atoms. The lowest BCUT2D eigenvalue weighted by Gasteiger charge is -2.39. The molecule has 1 aliphatic heterocycles. The predicted molar refractivity (Wildman–Crippen MR) is 62.9 cm³/mol. The maximum Gasteiger partial charge on any atom is 0.225 e. The van der Waals surface area contributed by atoms with Crippen molar-refractivity contribution in [2.45, 2.75) is 45.6 Å². The van der Waals surface area contributed by atoms with Gasteiger partial charge in [-0.15, -0.1) is 0 Å². The van der Waals surface area contributed by atoms with E-state index in [9.17, 15) is 9.90 Å². The first-order valence-corrected chi connectivity index (χ1v) is 6.54. The van der Waals surface area contributed by atoms with Gasteiger partial charge in [0.1, 0.15) is 0 Å². The third kappa shape index (κ3) is 2.40. The number of amides is 1. The van der Waals surface area contributed by atoms with E-state index in [-0.39, 0.29) is 12.5 Å². The van der Waals surface area contributed by atoms with Crippen molar-refractivity contribution < 1.29 is 9.90 Å². The zero-order valence-corrected chi connectivity index (χ0v) is 10.4. The number of carbonyl (C=O) groups excluding carboxylic acids is 1. The van der Waals surface area contributed by atoms with Crippen LogP contribution in [-0.2, 0) is 4.79 Å². The van der Waals surface area contributed by atoms with Crippen molar-refractivity contribution in [2.24, 2.45) is 17.8 Å². The summed E-state index contributed by atoms with van der Waals surface area (Å²) in [5.74, 6) is 1.44. The Morgan fingerprint density at radius 1 is 1.38 bits per heavy atom. The maximum absolute atomic E-state index is 12.3. The van der Waals surface area contributed by atoms with Crippen LogP contribution in [0.3, 0.4) is 0 Å². The average molecular weight is 225 g/mol. The fourth-order valence-corrected chi connectivity index (χ4v) is 2.70. The zero-order chi connectivity index (χ0) is 11.7. The molecule has 3 unspecified atom stereocenters. The highest BCUT2D eigenvalue weighted by molar-refractivity contribution is 5.79. The molecule has 0 aromatic rings. The summed E-state index contributed by atoms with van der Waals surface area (Å²) in [5.41, 5.74) is 0. The van der Waals surface area contributed by atoms with Gasteiger partial charge in [-0.1, -0.05) is 6.92 Å². The van der Waals surface area contributed by atoms with Crippen molar-refractivity contribution in [2.75, 3.05) is 13.2 Å². The van der Waals surface area contributed by atoms with Gasteiger partial charge in [0, 0.05) is 25.1 Å². The molecule has 3 heteroatoms. The predicted octanol–water partition coefficient (Wildman–Crippen LogP) is 1.65. The molecule has 0 radical (unpaired) electrons. The molecule has 2 aliphatic rings.